The van der Waals surface area contributed by atoms with Crippen LogP contribution in [0.4, 0.5) is 24.7 Å². The highest BCUT2D eigenvalue weighted by Crippen LogP contribution is 2.30. The lowest BCUT2D eigenvalue weighted by atomic mass is 10.1. The van der Waals surface area contributed by atoms with Crippen molar-refractivity contribution < 1.29 is 23.1 Å². The number of pyridine rings is 1. The van der Waals surface area contributed by atoms with Gasteiger partial charge in [0.25, 0.3) is 5.91 Å². The van der Waals surface area contributed by atoms with Crippen LogP contribution in [0.5, 0.6) is 0 Å². The van der Waals surface area contributed by atoms with Gasteiger partial charge in [-0.05, 0) is 62.6 Å². The van der Waals surface area contributed by atoms with Gasteiger partial charge in [-0.25, -0.2) is 9.67 Å². The second kappa shape index (κ2) is 8.86. The van der Waals surface area contributed by atoms with E-state index in [2.05, 4.69) is 20.3 Å². The van der Waals surface area contributed by atoms with E-state index < -0.39 is 11.7 Å². The SMILES string of the molecule is Cc1cc(NC(=O)c2cnn(-c3ccc(C(F)(F)F)cc3)c2C)cnc1N1CCC(O)CC1. The molecule has 3 aromatic rings. The number of hydrogen-bond acceptors (Lipinski definition) is 5. The lowest BCUT2D eigenvalue weighted by Gasteiger charge is -2.31. The van der Waals surface area contributed by atoms with Crippen LogP contribution in [0.25, 0.3) is 5.69 Å². The van der Waals surface area contributed by atoms with Crippen LogP contribution in [-0.4, -0.2) is 45.0 Å². The first-order valence-electron chi connectivity index (χ1n) is 10.6. The van der Waals surface area contributed by atoms with Crippen LogP contribution in [0.2, 0.25) is 0 Å². The van der Waals surface area contributed by atoms with Gasteiger partial charge in [0, 0.05) is 13.1 Å². The molecule has 0 atom stereocenters. The number of nitrogens with one attached hydrogen (secondary N) is 1. The molecule has 1 fully saturated rings. The summed E-state index contributed by atoms with van der Waals surface area (Å²) in [6, 6.07) is 6.43. The van der Waals surface area contributed by atoms with E-state index in [9.17, 15) is 23.1 Å². The zero-order valence-corrected chi connectivity index (χ0v) is 18.2. The number of anilines is 2. The Labute approximate surface area is 188 Å². The topological polar surface area (TPSA) is 83.3 Å². The van der Waals surface area contributed by atoms with Gasteiger partial charge in [0.2, 0.25) is 0 Å². The molecular weight excluding hydrogens is 435 g/mol. The highest BCUT2D eigenvalue weighted by molar-refractivity contribution is 6.05. The Hall–Kier alpha value is -3.40. The maximum Gasteiger partial charge on any atom is 0.416 e. The number of aryl methyl sites for hydroxylation is 1. The lowest BCUT2D eigenvalue weighted by Crippen LogP contribution is -2.36. The standard InChI is InChI=1S/C23H24F3N5O2/c1-14-11-17(12-27-21(14)30-9-7-19(32)8-10-30)29-22(33)20-13-28-31(15(20)2)18-5-3-16(4-6-18)23(24,25)26/h3-6,11-13,19,32H,7-10H2,1-2H3,(H,29,33). The van der Waals surface area contributed by atoms with Crippen LogP contribution in [0.1, 0.15) is 40.0 Å². The summed E-state index contributed by atoms with van der Waals surface area (Å²) in [5, 5.41) is 16.7. The molecule has 0 saturated carbocycles. The third kappa shape index (κ3) is 4.85. The maximum absolute atomic E-state index is 12.8. The first-order valence-corrected chi connectivity index (χ1v) is 10.6. The Morgan fingerprint density at radius 1 is 1.12 bits per heavy atom. The Morgan fingerprint density at radius 3 is 2.39 bits per heavy atom. The number of halogens is 3. The predicted molar refractivity (Wildman–Crippen MR) is 118 cm³/mol. The molecule has 0 bridgehead atoms. The quantitative estimate of drug-likeness (QED) is 0.614. The van der Waals surface area contributed by atoms with Gasteiger partial charge in [-0.2, -0.15) is 18.3 Å². The van der Waals surface area contributed by atoms with Gasteiger partial charge >= 0.3 is 6.18 Å². The summed E-state index contributed by atoms with van der Waals surface area (Å²) in [5.74, 6) is 0.437. The second-order valence-corrected chi connectivity index (χ2v) is 8.14. The minimum Gasteiger partial charge on any atom is -0.393 e. The number of alkyl halides is 3. The van der Waals surface area contributed by atoms with Gasteiger partial charge in [0.15, 0.2) is 0 Å². The van der Waals surface area contributed by atoms with Gasteiger partial charge in [0.05, 0.1) is 46.7 Å². The summed E-state index contributed by atoms with van der Waals surface area (Å²) in [6.07, 6.45) is -0.327. The van der Waals surface area contributed by atoms with Crippen molar-refractivity contribution in [2.45, 2.75) is 39.0 Å². The van der Waals surface area contributed by atoms with E-state index in [1.54, 1.807) is 13.1 Å². The molecule has 1 aromatic carbocycles. The van der Waals surface area contributed by atoms with Crippen LogP contribution in [0.3, 0.4) is 0 Å². The van der Waals surface area contributed by atoms with Gasteiger partial charge in [-0.1, -0.05) is 0 Å². The molecule has 1 saturated heterocycles. The summed E-state index contributed by atoms with van der Waals surface area (Å²) in [5.41, 5.74) is 1.91. The number of nitrogens with zero attached hydrogens (tertiary/aromatic N) is 4. The number of aliphatic hydroxyl groups excluding tert-OH is 1. The van der Waals surface area contributed by atoms with E-state index in [0.29, 0.717) is 35.5 Å². The number of benzene rings is 1. The van der Waals surface area contributed by atoms with Crippen molar-refractivity contribution in [1.29, 1.82) is 0 Å². The summed E-state index contributed by atoms with van der Waals surface area (Å²) in [6.45, 7) is 5.04. The monoisotopic (exact) mass is 459 g/mol. The molecule has 174 valence electrons. The fraction of sp³-hybridized carbons (Fsp3) is 0.348. The molecule has 33 heavy (non-hydrogen) atoms. The lowest BCUT2D eigenvalue weighted by molar-refractivity contribution is -0.137. The Balaban J connectivity index is 1.48. The number of carbonyl (C=O) groups excluding carboxylic acids is 1. The van der Waals surface area contributed by atoms with E-state index in [1.165, 1.54) is 23.0 Å². The number of rotatable bonds is 4. The normalized spacial score (nSPS) is 15.0. The summed E-state index contributed by atoms with van der Waals surface area (Å²) >= 11 is 0. The minimum atomic E-state index is -4.42. The molecule has 0 aliphatic carbocycles. The average Bonchev–Trinajstić information content (AvgIpc) is 3.15. The first kappa shape index (κ1) is 22.8. The summed E-state index contributed by atoms with van der Waals surface area (Å²) < 4.78 is 39.8. The molecule has 1 aliphatic rings. The van der Waals surface area contributed by atoms with Gasteiger partial charge < -0.3 is 15.3 Å². The van der Waals surface area contributed by atoms with E-state index in [1.807, 2.05) is 13.0 Å². The fourth-order valence-corrected chi connectivity index (χ4v) is 3.93. The van der Waals surface area contributed by atoms with Gasteiger partial charge in [0.1, 0.15) is 5.82 Å². The molecule has 0 radical (unpaired) electrons. The number of aromatic nitrogens is 3. The molecular formula is C23H24F3N5O2. The van der Waals surface area contributed by atoms with E-state index >= 15 is 0 Å². The first-order chi connectivity index (χ1) is 15.6. The van der Waals surface area contributed by atoms with Crippen LogP contribution >= 0.6 is 0 Å². The van der Waals surface area contributed by atoms with Crippen LogP contribution in [0, 0.1) is 13.8 Å². The van der Waals surface area contributed by atoms with Gasteiger partial charge in [-0.15, -0.1) is 0 Å². The largest absolute Gasteiger partial charge is 0.416 e. The number of carbonyl (C=O) groups is 1. The van der Waals surface area contributed by atoms with Crippen molar-refractivity contribution >= 4 is 17.4 Å². The van der Waals surface area contributed by atoms with Crippen molar-refractivity contribution in [3.63, 3.8) is 0 Å². The van der Waals surface area contributed by atoms with Crippen molar-refractivity contribution in [3.8, 4) is 5.69 Å². The maximum atomic E-state index is 12.8. The Kier molecular flexibility index (Phi) is 6.11. The summed E-state index contributed by atoms with van der Waals surface area (Å²) in [4.78, 5) is 19.4. The number of hydrogen-bond donors (Lipinski definition) is 2. The van der Waals surface area contributed by atoms with E-state index in [4.69, 9.17) is 0 Å². The van der Waals surface area contributed by atoms with Crippen molar-refractivity contribution in [2.75, 3.05) is 23.3 Å². The molecule has 0 spiro atoms. The Bertz CT molecular complexity index is 1150. The number of piperidine rings is 1. The third-order valence-electron chi connectivity index (χ3n) is 5.77. The highest BCUT2D eigenvalue weighted by Gasteiger charge is 2.30. The third-order valence-corrected chi connectivity index (χ3v) is 5.77. The molecule has 1 aliphatic heterocycles. The predicted octanol–water partition coefficient (Wildman–Crippen LogP) is 4.12. The zero-order valence-electron chi connectivity index (χ0n) is 18.2. The van der Waals surface area contributed by atoms with Crippen LogP contribution in [-0.2, 0) is 6.18 Å². The van der Waals surface area contributed by atoms with E-state index in [-0.39, 0.29) is 12.0 Å². The average molecular weight is 459 g/mol. The molecule has 3 heterocycles. The molecule has 7 nitrogen and oxygen atoms in total. The molecule has 2 aromatic heterocycles. The van der Waals surface area contributed by atoms with E-state index in [0.717, 1.165) is 36.6 Å². The van der Waals surface area contributed by atoms with Crippen LogP contribution in [0.15, 0.2) is 42.7 Å². The Morgan fingerprint density at radius 2 is 1.79 bits per heavy atom. The molecule has 1 amide bonds. The number of amides is 1. The van der Waals surface area contributed by atoms with Crippen molar-refractivity contribution in [2.24, 2.45) is 0 Å². The molecule has 0 unspecified atom stereocenters. The minimum absolute atomic E-state index is 0.271. The zero-order chi connectivity index (χ0) is 23.8. The molecule has 4 rings (SSSR count). The number of aliphatic hydroxyl groups is 1. The van der Waals surface area contributed by atoms with Crippen molar-refractivity contribution in [3.05, 3.63) is 65.1 Å². The molecule has 2 N–H and O–H groups in total. The van der Waals surface area contributed by atoms with Crippen molar-refractivity contribution in [1.82, 2.24) is 14.8 Å². The smallest absolute Gasteiger partial charge is 0.393 e. The van der Waals surface area contributed by atoms with Gasteiger partial charge in [-0.3, -0.25) is 4.79 Å². The molecule has 10 heteroatoms. The van der Waals surface area contributed by atoms with Crippen LogP contribution < -0.4 is 10.2 Å². The second-order valence-electron chi connectivity index (χ2n) is 8.14. The fourth-order valence-electron chi connectivity index (χ4n) is 3.93. The highest BCUT2D eigenvalue weighted by atomic mass is 19.4. The summed E-state index contributed by atoms with van der Waals surface area (Å²) in [7, 11) is 0.